The molecule has 1 aliphatic carbocycles. The predicted octanol–water partition coefficient (Wildman–Crippen LogP) is 5.25. The Morgan fingerprint density at radius 2 is 1.88 bits per heavy atom. The number of rotatable bonds is 6. The lowest BCUT2D eigenvalue weighted by molar-refractivity contribution is 0.113. The van der Waals surface area contributed by atoms with E-state index in [1.165, 1.54) is 11.6 Å². The van der Waals surface area contributed by atoms with Gasteiger partial charge >= 0.3 is 6.03 Å². The van der Waals surface area contributed by atoms with Crippen LogP contribution in [0.5, 0.6) is 11.5 Å². The molecule has 6 nitrogen and oxygen atoms in total. The van der Waals surface area contributed by atoms with Gasteiger partial charge in [-0.25, -0.2) is 9.18 Å². The second kappa shape index (κ2) is 9.82. The number of benzene rings is 2. The number of urea groups is 1. The van der Waals surface area contributed by atoms with E-state index in [4.69, 9.17) is 9.47 Å². The Bertz CT molecular complexity index is 1040. The number of hydrogen-bond donors (Lipinski definition) is 2. The van der Waals surface area contributed by atoms with Crippen molar-refractivity contribution in [2.24, 2.45) is 0 Å². The van der Waals surface area contributed by atoms with E-state index in [2.05, 4.69) is 41.5 Å². The van der Waals surface area contributed by atoms with Crippen molar-refractivity contribution in [3.63, 3.8) is 0 Å². The topological polar surface area (TPSA) is 62.8 Å². The second-order valence-corrected chi connectivity index (χ2v) is 9.86. The third-order valence-electron chi connectivity index (χ3n) is 7.69. The van der Waals surface area contributed by atoms with Crippen LogP contribution in [0.4, 0.5) is 14.9 Å². The van der Waals surface area contributed by atoms with Crippen molar-refractivity contribution in [2.45, 2.75) is 70.0 Å². The van der Waals surface area contributed by atoms with Crippen LogP contribution in [0.2, 0.25) is 0 Å². The average molecular weight is 470 g/mol. The zero-order valence-corrected chi connectivity index (χ0v) is 20.8. The fraction of sp³-hybridized carbons (Fsp3) is 0.519. The molecule has 2 N–H and O–H groups in total. The summed E-state index contributed by atoms with van der Waals surface area (Å²) in [5, 5.41) is 5.92. The third kappa shape index (κ3) is 4.58. The van der Waals surface area contributed by atoms with Gasteiger partial charge in [-0.15, -0.1) is 0 Å². The molecule has 2 aliphatic rings. The highest BCUT2D eigenvalue weighted by atomic mass is 19.1. The Labute approximate surface area is 201 Å². The van der Waals surface area contributed by atoms with Gasteiger partial charge in [-0.1, -0.05) is 12.1 Å². The molecule has 184 valence electrons. The number of aryl methyl sites for hydroxylation is 1. The van der Waals surface area contributed by atoms with E-state index in [0.29, 0.717) is 23.3 Å². The van der Waals surface area contributed by atoms with Gasteiger partial charge in [0.1, 0.15) is 5.82 Å². The van der Waals surface area contributed by atoms with Crippen molar-refractivity contribution >= 4 is 11.7 Å². The maximum absolute atomic E-state index is 13.9. The van der Waals surface area contributed by atoms with Gasteiger partial charge in [-0.05, 0) is 88.4 Å². The van der Waals surface area contributed by atoms with Crippen LogP contribution in [0.3, 0.4) is 0 Å². The molecule has 3 atom stereocenters. The number of halogens is 1. The lowest BCUT2D eigenvalue weighted by Gasteiger charge is -2.46. The molecule has 0 aromatic heterocycles. The quantitative estimate of drug-likeness (QED) is 0.607. The first kappa shape index (κ1) is 24.3. The number of nitrogens with zero attached hydrogens (tertiary/aromatic N) is 1. The number of hydrogen-bond acceptors (Lipinski definition) is 4. The molecule has 1 heterocycles. The summed E-state index contributed by atoms with van der Waals surface area (Å²) in [6.07, 6.45) is 3.79. The molecule has 2 fully saturated rings. The minimum Gasteiger partial charge on any atom is -0.493 e. The minimum absolute atomic E-state index is 0.0125. The predicted molar refractivity (Wildman–Crippen MR) is 132 cm³/mol. The SMILES string of the molecule is COc1ccc(C23CCC(NC(=O)Nc4ccc(C)c(F)c4)CC2N(C(C)C)CC3)cc1OC. The summed E-state index contributed by atoms with van der Waals surface area (Å²) in [4.78, 5) is 15.3. The van der Waals surface area contributed by atoms with Crippen LogP contribution >= 0.6 is 0 Å². The van der Waals surface area contributed by atoms with Gasteiger partial charge in [0, 0.05) is 29.2 Å². The van der Waals surface area contributed by atoms with E-state index >= 15 is 0 Å². The van der Waals surface area contributed by atoms with Crippen molar-refractivity contribution in [1.82, 2.24) is 10.2 Å². The molecule has 0 spiro atoms. The van der Waals surface area contributed by atoms with E-state index < -0.39 is 0 Å². The van der Waals surface area contributed by atoms with Gasteiger partial charge in [-0.3, -0.25) is 4.90 Å². The highest BCUT2D eigenvalue weighted by Crippen LogP contribution is 2.50. The molecular weight excluding hydrogens is 433 g/mol. The number of ether oxygens (including phenoxy) is 2. The van der Waals surface area contributed by atoms with Crippen molar-refractivity contribution in [3.05, 3.63) is 53.3 Å². The van der Waals surface area contributed by atoms with Gasteiger partial charge in [0.2, 0.25) is 0 Å². The van der Waals surface area contributed by atoms with Crippen LogP contribution < -0.4 is 20.1 Å². The average Bonchev–Trinajstić information content (AvgIpc) is 3.21. The lowest BCUT2D eigenvalue weighted by Crippen LogP contribution is -2.54. The summed E-state index contributed by atoms with van der Waals surface area (Å²) >= 11 is 0. The minimum atomic E-state index is -0.325. The highest BCUT2D eigenvalue weighted by Gasteiger charge is 2.52. The first-order valence-corrected chi connectivity index (χ1v) is 12.1. The maximum atomic E-state index is 13.9. The normalized spacial score (nSPS) is 24.6. The number of methoxy groups -OCH3 is 2. The first-order valence-electron chi connectivity index (χ1n) is 12.1. The fourth-order valence-corrected chi connectivity index (χ4v) is 5.84. The zero-order chi connectivity index (χ0) is 24.5. The maximum Gasteiger partial charge on any atom is 0.319 e. The molecule has 3 unspecified atom stereocenters. The molecule has 1 saturated carbocycles. The zero-order valence-electron chi connectivity index (χ0n) is 20.8. The standard InChI is InChI=1S/C27H36FN3O3/c1-17(2)31-13-12-27(19-7-9-23(33-4)24(14-19)34-5)11-10-21(16-25(27)31)30-26(32)29-20-8-6-18(3)22(28)15-20/h6-9,14-15,17,21,25H,10-13,16H2,1-5H3,(H2,29,30,32). The van der Waals surface area contributed by atoms with Crippen LogP contribution in [0.1, 0.15) is 50.7 Å². The van der Waals surface area contributed by atoms with Gasteiger partial charge in [-0.2, -0.15) is 0 Å². The molecule has 34 heavy (non-hydrogen) atoms. The van der Waals surface area contributed by atoms with Crippen molar-refractivity contribution < 1.29 is 18.7 Å². The summed E-state index contributed by atoms with van der Waals surface area (Å²) in [7, 11) is 3.33. The monoisotopic (exact) mass is 469 g/mol. The van der Waals surface area contributed by atoms with E-state index in [0.717, 1.165) is 43.7 Å². The highest BCUT2D eigenvalue weighted by molar-refractivity contribution is 5.89. The van der Waals surface area contributed by atoms with Gasteiger partial charge in [0.25, 0.3) is 0 Å². The Hall–Kier alpha value is -2.80. The fourth-order valence-electron chi connectivity index (χ4n) is 5.84. The van der Waals surface area contributed by atoms with Crippen LogP contribution in [0.25, 0.3) is 0 Å². The first-order chi connectivity index (χ1) is 16.3. The number of fused-ring (bicyclic) bond motifs is 1. The summed E-state index contributed by atoms with van der Waals surface area (Å²) in [6, 6.07) is 11.5. The molecule has 2 aromatic carbocycles. The van der Waals surface area contributed by atoms with E-state index in [1.54, 1.807) is 33.3 Å². The van der Waals surface area contributed by atoms with Crippen molar-refractivity contribution in [2.75, 3.05) is 26.1 Å². The van der Waals surface area contributed by atoms with Crippen LogP contribution in [-0.4, -0.2) is 49.8 Å². The molecule has 2 amide bonds. The summed E-state index contributed by atoms with van der Waals surface area (Å²) in [6.45, 7) is 7.20. The number of carbonyl (C=O) groups is 1. The van der Waals surface area contributed by atoms with E-state index in [-0.39, 0.29) is 23.3 Å². The molecule has 4 rings (SSSR count). The summed E-state index contributed by atoms with van der Waals surface area (Å²) in [5.41, 5.74) is 2.30. The molecule has 1 saturated heterocycles. The molecule has 0 bridgehead atoms. The van der Waals surface area contributed by atoms with Crippen LogP contribution in [-0.2, 0) is 5.41 Å². The third-order valence-corrected chi connectivity index (χ3v) is 7.69. The molecule has 7 heteroatoms. The largest absolute Gasteiger partial charge is 0.493 e. The van der Waals surface area contributed by atoms with Gasteiger partial charge in [0.05, 0.1) is 14.2 Å². The van der Waals surface area contributed by atoms with Crippen LogP contribution in [0.15, 0.2) is 36.4 Å². The number of amides is 2. The number of carbonyl (C=O) groups excluding carboxylic acids is 1. The summed E-state index contributed by atoms with van der Waals surface area (Å²) in [5.74, 6) is 1.16. The summed E-state index contributed by atoms with van der Waals surface area (Å²) < 4.78 is 24.9. The smallest absolute Gasteiger partial charge is 0.319 e. The Morgan fingerprint density at radius 3 is 2.56 bits per heavy atom. The number of anilines is 1. The molecule has 0 radical (unpaired) electrons. The van der Waals surface area contributed by atoms with Gasteiger partial charge < -0.3 is 20.1 Å². The van der Waals surface area contributed by atoms with Crippen molar-refractivity contribution in [1.29, 1.82) is 0 Å². The molecule has 2 aromatic rings. The Morgan fingerprint density at radius 1 is 1.12 bits per heavy atom. The van der Waals surface area contributed by atoms with Crippen LogP contribution in [0, 0.1) is 12.7 Å². The number of nitrogens with one attached hydrogen (secondary N) is 2. The number of likely N-dealkylation sites (tertiary alicyclic amines) is 1. The van der Waals surface area contributed by atoms with E-state index in [9.17, 15) is 9.18 Å². The molecule has 1 aliphatic heterocycles. The van der Waals surface area contributed by atoms with E-state index in [1.807, 2.05) is 6.07 Å². The second-order valence-electron chi connectivity index (χ2n) is 9.86. The van der Waals surface area contributed by atoms with Gasteiger partial charge in [0.15, 0.2) is 11.5 Å². The Kier molecular flexibility index (Phi) is 7.03. The Balaban J connectivity index is 1.52. The van der Waals surface area contributed by atoms with Crippen molar-refractivity contribution in [3.8, 4) is 11.5 Å². The molecular formula is C27H36FN3O3. The lowest BCUT2D eigenvalue weighted by atomic mass is 9.65.